The van der Waals surface area contributed by atoms with Gasteiger partial charge in [0.25, 0.3) is 0 Å². The molecule has 1 aromatic rings. The number of amides is 2. The van der Waals surface area contributed by atoms with Crippen molar-refractivity contribution in [3.05, 3.63) is 18.2 Å². The minimum Gasteiger partial charge on any atom is -0.480 e. The molecule has 1 aromatic heterocycles. The maximum absolute atomic E-state index is 11.6. The molecule has 0 fully saturated rings. The lowest BCUT2D eigenvalue weighted by atomic mass is 10.2. The number of carbonyl (C=O) groups is 2. The highest BCUT2D eigenvalue weighted by Gasteiger charge is 2.20. The fraction of sp³-hybridized carbons (Fsp3) is 0.615. The van der Waals surface area contributed by atoms with E-state index in [0.29, 0.717) is 31.9 Å². The molecule has 118 valence electrons. The van der Waals surface area contributed by atoms with Crippen molar-refractivity contribution < 1.29 is 19.4 Å². The van der Waals surface area contributed by atoms with E-state index in [9.17, 15) is 9.59 Å². The first-order valence-electron chi connectivity index (χ1n) is 6.95. The summed E-state index contributed by atoms with van der Waals surface area (Å²) in [4.78, 5) is 29.3. The third kappa shape index (κ3) is 7.31. The van der Waals surface area contributed by atoms with E-state index in [-0.39, 0.29) is 6.42 Å². The predicted octanol–water partition coefficient (Wildman–Crippen LogP) is 0.521. The standard InChI is InChI=1S/C13H22N4O4/c1-2-5-21-6-3-4-15-13(20)17-11(12(18)19)7-10-8-14-9-16-10/h8-9,11H,2-7H2,1H3,(H,14,16)(H,18,19)(H2,15,17,20)/t11-/m0/s1. The Hall–Kier alpha value is -2.09. The molecule has 2 amide bonds. The van der Waals surface area contributed by atoms with Crippen LogP contribution < -0.4 is 10.6 Å². The summed E-state index contributed by atoms with van der Waals surface area (Å²) in [6.07, 6.45) is 4.79. The van der Waals surface area contributed by atoms with E-state index in [0.717, 1.165) is 6.42 Å². The number of urea groups is 1. The van der Waals surface area contributed by atoms with Gasteiger partial charge in [0.15, 0.2) is 0 Å². The third-order valence-corrected chi connectivity index (χ3v) is 2.68. The summed E-state index contributed by atoms with van der Waals surface area (Å²) in [5.41, 5.74) is 0.649. The zero-order valence-electron chi connectivity index (χ0n) is 12.1. The molecule has 0 aliphatic carbocycles. The SMILES string of the molecule is CCCOCCCNC(=O)N[C@@H](Cc1cnc[nH]1)C(=O)O. The first-order chi connectivity index (χ1) is 10.1. The Balaban J connectivity index is 2.24. The molecule has 0 aliphatic rings. The summed E-state index contributed by atoms with van der Waals surface area (Å²) >= 11 is 0. The van der Waals surface area contributed by atoms with Crippen LogP contribution in [0.4, 0.5) is 4.79 Å². The number of rotatable bonds is 10. The Morgan fingerprint density at radius 3 is 2.90 bits per heavy atom. The minimum atomic E-state index is -1.09. The van der Waals surface area contributed by atoms with Gasteiger partial charge in [-0.05, 0) is 12.8 Å². The zero-order valence-corrected chi connectivity index (χ0v) is 12.1. The summed E-state index contributed by atoms with van der Waals surface area (Å²) in [6, 6.07) is -1.50. The smallest absolute Gasteiger partial charge is 0.326 e. The van der Waals surface area contributed by atoms with Gasteiger partial charge in [0.05, 0.1) is 6.33 Å². The number of aromatic amines is 1. The Labute approximate surface area is 123 Å². The van der Waals surface area contributed by atoms with Gasteiger partial charge < -0.3 is 25.5 Å². The number of nitrogens with zero attached hydrogens (tertiary/aromatic N) is 1. The van der Waals surface area contributed by atoms with Crippen LogP contribution in [-0.2, 0) is 16.0 Å². The van der Waals surface area contributed by atoms with Gasteiger partial charge in [0.1, 0.15) is 6.04 Å². The van der Waals surface area contributed by atoms with E-state index in [1.54, 1.807) is 0 Å². The van der Waals surface area contributed by atoms with Gasteiger partial charge in [-0.15, -0.1) is 0 Å². The van der Waals surface area contributed by atoms with Gasteiger partial charge in [-0.1, -0.05) is 6.92 Å². The van der Waals surface area contributed by atoms with Crippen LogP contribution >= 0.6 is 0 Å². The second-order valence-electron chi connectivity index (χ2n) is 4.54. The first-order valence-corrected chi connectivity index (χ1v) is 6.95. The number of carboxylic acids is 1. The highest BCUT2D eigenvalue weighted by atomic mass is 16.5. The van der Waals surface area contributed by atoms with Crippen molar-refractivity contribution in [3.63, 3.8) is 0 Å². The van der Waals surface area contributed by atoms with Crippen molar-refractivity contribution in [2.75, 3.05) is 19.8 Å². The van der Waals surface area contributed by atoms with E-state index in [1.807, 2.05) is 6.92 Å². The molecule has 0 radical (unpaired) electrons. The molecule has 0 unspecified atom stereocenters. The van der Waals surface area contributed by atoms with E-state index < -0.39 is 18.0 Å². The number of imidazole rings is 1. The molecule has 0 bridgehead atoms. The van der Waals surface area contributed by atoms with E-state index in [2.05, 4.69) is 20.6 Å². The Morgan fingerprint density at radius 2 is 2.29 bits per heavy atom. The first kappa shape index (κ1) is 17.0. The molecule has 0 aromatic carbocycles. The minimum absolute atomic E-state index is 0.155. The van der Waals surface area contributed by atoms with Gasteiger partial charge in [0, 0.05) is 38.1 Å². The van der Waals surface area contributed by atoms with Crippen LogP contribution in [0.25, 0.3) is 0 Å². The summed E-state index contributed by atoms with van der Waals surface area (Å²) in [6.45, 7) is 3.74. The Kier molecular flexibility index (Phi) is 7.88. The molecule has 8 heteroatoms. The van der Waals surface area contributed by atoms with Crippen LogP contribution in [0, 0.1) is 0 Å². The monoisotopic (exact) mass is 298 g/mol. The van der Waals surface area contributed by atoms with Crippen LogP contribution in [0.2, 0.25) is 0 Å². The van der Waals surface area contributed by atoms with Gasteiger partial charge in [-0.25, -0.2) is 14.6 Å². The van der Waals surface area contributed by atoms with Crippen molar-refractivity contribution >= 4 is 12.0 Å². The average molecular weight is 298 g/mol. The maximum atomic E-state index is 11.6. The number of H-pyrrole nitrogens is 1. The van der Waals surface area contributed by atoms with Crippen molar-refractivity contribution in [3.8, 4) is 0 Å². The molecule has 0 saturated carbocycles. The van der Waals surface area contributed by atoms with Crippen LogP contribution in [0.1, 0.15) is 25.5 Å². The van der Waals surface area contributed by atoms with Gasteiger partial charge in [-0.3, -0.25) is 0 Å². The molecule has 21 heavy (non-hydrogen) atoms. The van der Waals surface area contributed by atoms with Crippen LogP contribution in [0.5, 0.6) is 0 Å². The fourth-order valence-corrected chi connectivity index (χ4v) is 1.65. The average Bonchev–Trinajstić information content (AvgIpc) is 2.95. The molecule has 1 rings (SSSR count). The van der Waals surface area contributed by atoms with E-state index in [4.69, 9.17) is 9.84 Å². The molecule has 1 atom stereocenters. The molecule has 0 saturated heterocycles. The number of carbonyl (C=O) groups excluding carboxylic acids is 1. The number of hydrogen-bond acceptors (Lipinski definition) is 4. The van der Waals surface area contributed by atoms with Gasteiger partial charge in [-0.2, -0.15) is 0 Å². The van der Waals surface area contributed by atoms with E-state index in [1.165, 1.54) is 12.5 Å². The normalized spacial score (nSPS) is 11.9. The molecular weight excluding hydrogens is 276 g/mol. The fourth-order valence-electron chi connectivity index (χ4n) is 1.65. The molecular formula is C13H22N4O4. The van der Waals surface area contributed by atoms with Crippen LogP contribution in [0.3, 0.4) is 0 Å². The molecule has 0 aliphatic heterocycles. The highest BCUT2D eigenvalue weighted by Crippen LogP contribution is 1.98. The second kappa shape index (κ2) is 9.76. The highest BCUT2D eigenvalue weighted by molar-refractivity contribution is 5.82. The predicted molar refractivity (Wildman–Crippen MR) is 76.0 cm³/mol. The molecule has 1 heterocycles. The van der Waals surface area contributed by atoms with Crippen molar-refractivity contribution in [1.29, 1.82) is 0 Å². The Morgan fingerprint density at radius 1 is 1.48 bits per heavy atom. The topological polar surface area (TPSA) is 116 Å². The summed E-state index contributed by atoms with van der Waals surface area (Å²) in [7, 11) is 0. The lowest BCUT2D eigenvalue weighted by molar-refractivity contribution is -0.139. The molecule has 4 N–H and O–H groups in total. The van der Waals surface area contributed by atoms with Crippen LogP contribution in [0.15, 0.2) is 12.5 Å². The lowest BCUT2D eigenvalue weighted by Gasteiger charge is -2.14. The quantitative estimate of drug-likeness (QED) is 0.470. The van der Waals surface area contributed by atoms with Gasteiger partial charge >= 0.3 is 12.0 Å². The summed E-state index contributed by atoms with van der Waals surface area (Å²) < 4.78 is 5.28. The summed E-state index contributed by atoms with van der Waals surface area (Å²) in [5, 5.41) is 14.1. The lowest BCUT2D eigenvalue weighted by Crippen LogP contribution is -2.47. The van der Waals surface area contributed by atoms with Crippen LogP contribution in [-0.4, -0.2) is 52.9 Å². The molecule has 0 spiro atoms. The second-order valence-corrected chi connectivity index (χ2v) is 4.54. The maximum Gasteiger partial charge on any atom is 0.326 e. The van der Waals surface area contributed by atoms with E-state index >= 15 is 0 Å². The zero-order chi connectivity index (χ0) is 15.5. The number of hydrogen-bond donors (Lipinski definition) is 4. The number of aromatic nitrogens is 2. The third-order valence-electron chi connectivity index (χ3n) is 2.68. The number of aliphatic carboxylic acids is 1. The largest absolute Gasteiger partial charge is 0.480 e. The Bertz CT molecular complexity index is 422. The number of carboxylic acid groups (broad SMARTS) is 1. The number of nitrogens with one attached hydrogen (secondary N) is 3. The summed E-state index contributed by atoms with van der Waals surface area (Å²) in [5.74, 6) is -1.09. The van der Waals surface area contributed by atoms with Crippen molar-refractivity contribution in [1.82, 2.24) is 20.6 Å². The van der Waals surface area contributed by atoms with Crippen molar-refractivity contribution in [2.45, 2.75) is 32.2 Å². The number of ether oxygens (including phenoxy) is 1. The van der Waals surface area contributed by atoms with Crippen molar-refractivity contribution in [2.24, 2.45) is 0 Å². The van der Waals surface area contributed by atoms with Gasteiger partial charge in [0.2, 0.25) is 0 Å². The molecule has 8 nitrogen and oxygen atoms in total.